The minimum absolute atomic E-state index is 0.0559. The second-order valence-electron chi connectivity index (χ2n) is 4.81. The summed E-state index contributed by atoms with van der Waals surface area (Å²) in [6.07, 6.45) is 3.29. The summed E-state index contributed by atoms with van der Waals surface area (Å²) in [6, 6.07) is 1.92. The quantitative estimate of drug-likeness (QED) is 0.893. The predicted molar refractivity (Wildman–Crippen MR) is 77.0 cm³/mol. The minimum atomic E-state index is 0.0559. The lowest BCUT2D eigenvalue weighted by atomic mass is 9.99. The third-order valence-corrected chi connectivity index (χ3v) is 3.81. The zero-order valence-electron chi connectivity index (χ0n) is 10.9. The molecule has 2 aromatic heterocycles. The molecule has 6 nitrogen and oxygen atoms in total. The van der Waals surface area contributed by atoms with Crippen LogP contribution in [0.5, 0.6) is 0 Å². The summed E-state index contributed by atoms with van der Waals surface area (Å²) >= 11 is 3.36. The number of ether oxygens (including phenoxy) is 1. The van der Waals surface area contributed by atoms with Gasteiger partial charge >= 0.3 is 0 Å². The third-order valence-electron chi connectivity index (χ3n) is 3.38. The van der Waals surface area contributed by atoms with E-state index in [1.807, 2.05) is 6.07 Å². The summed E-state index contributed by atoms with van der Waals surface area (Å²) in [5.74, 6) is 0.842. The smallest absolute Gasteiger partial charge is 0.223 e. The monoisotopic (exact) mass is 338 g/mol. The molecule has 0 spiro atoms. The number of carbonyl (C=O) groups excluding carboxylic acids is 1. The van der Waals surface area contributed by atoms with Gasteiger partial charge < -0.3 is 15.0 Å². The SMILES string of the molecule is O=C(NCc1nc2ncc(Br)cc2[nH]1)C1CCOCC1. The Morgan fingerprint density at radius 3 is 3.10 bits per heavy atom. The van der Waals surface area contributed by atoms with Gasteiger partial charge in [0.2, 0.25) is 5.91 Å². The molecular weight excluding hydrogens is 324 g/mol. The van der Waals surface area contributed by atoms with Gasteiger partial charge in [-0.2, -0.15) is 0 Å². The average molecular weight is 339 g/mol. The molecule has 0 atom stereocenters. The maximum atomic E-state index is 12.0. The van der Waals surface area contributed by atoms with E-state index in [9.17, 15) is 4.79 Å². The Balaban J connectivity index is 1.63. The van der Waals surface area contributed by atoms with Crippen molar-refractivity contribution in [1.29, 1.82) is 0 Å². The summed E-state index contributed by atoms with van der Waals surface area (Å²) in [5.41, 5.74) is 1.51. The maximum absolute atomic E-state index is 12.0. The second-order valence-corrected chi connectivity index (χ2v) is 5.73. The molecule has 0 saturated carbocycles. The molecule has 1 aliphatic rings. The van der Waals surface area contributed by atoms with Gasteiger partial charge in [0.15, 0.2) is 5.65 Å². The summed E-state index contributed by atoms with van der Waals surface area (Å²) in [5, 5.41) is 2.92. The lowest BCUT2D eigenvalue weighted by Crippen LogP contribution is -2.34. The number of rotatable bonds is 3. The van der Waals surface area contributed by atoms with Crippen molar-refractivity contribution in [1.82, 2.24) is 20.3 Å². The molecule has 0 aromatic carbocycles. The number of halogens is 1. The van der Waals surface area contributed by atoms with Crippen LogP contribution in [0.25, 0.3) is 11.2 Å². The van der Waals surface area contributed by atoms with Gasteiger partial charge in [-0.05, 0) is 34.8 Å². The van der Waals surface area contributed by atoms with Gasteiger partial charge in [-0.3, -0.25) is 4.79 Å². The summed E-state index contributed by atoms with van der Waals surface area (Å²) in [6.45, 7) is 1.73. The first-order valence-corrected chi connectivity index (χ1v) is 7.37. The van der Waals surface area contributed by atoms with Gasteiger partial charge in [0.25, 0.3) is 0 Å². The van der Waals surface area contributed by atoms with E-state index in [2.05, 4.69) is 36.2 Å². The van der Waals surface area contributed by atoms with Crippen LogP contribution in [0, 0.1) is 5.92 Å². The second kappa shape index (κ2) is 5.88. The number of nitrogens with one attached hydrogen (secondary N) is 2. The minimum Gasteiger partial charge on any atom is -0.381 e. The fourth-order valence-corrected chi connectivity index (χ4v) is 2.61. The number of pyridine rings is 1. The number of imidazole rings is 1. The molecule has 0 bridgehead atoms. The molecule has 1 saturated heterocycles. The van der Waals surface area contributed by atoms with Crippen molar-refractivity contribution in [3.05, 3.63) is 22.6 Å². The van der Waals surface area contributed by atoms with Crippen molar-refractivity contribution in [3.8, 4) is 0 Å². The standard InChI is InChI=1S/C13H15BrN4O2/c14-9-5-10-12(15-6-9)18-11(17-10)7-16-13(19)8-1-3-20-4-2-8/h5-6,8H,1-4,7H2,(H,16,19)(H,15,17,18). The molecule has 0 unspecified atom stereocenters. The molecule has 106 valence electrons. The van der Waals surface area contributed by atoms with E-state index in [1.54, 1.807) is 6.20 Å². The van der Waals surface area contributed by atoms with Gasteiger partial charge in [0, 0.05) is 29.8 Å². The van der Waals surface area contributed by atoms with Gasteiger partial charge in [-0.1, -0.05) is 0 Å². The van der Waals surface area contributed by atoms with Crippen LogP contribution in [0.2, 0.25) is 0 Å². The molecule has 2 aromatic rings. The largest absolute Gasteiger partial charge is 0.381 e. The van der Waals surface area contributed by atoms with Crippen molar-refractivity contribution in [2.45, 2.75) is 19.4 Å². The van der Waals surface area contributed by atoms with Crippen molar-refractivity contribution >= 4 is 33.0 Å². The number of amides is 1. The third kappa shape index (κ3) is 2.99. The van der Waals surface area contributed by atoms with Crippen LogP contribution in [0.4, 0.5) is 0 Å². The van der Waals surface area contributed by atoms with Gasteiger partial charge in [0.05, 0.1) is 12.1 Å². The van der Waals surface area contributed by atoms with Crippen molar-refractivity contribution in [2.24, 2.45) is 5.92 Å². The number of nitrogens with zero attached hydrogens (tertiary/aromatic N) is 2. The van der Waals surface area contributed by atoms with Crippen LogP contribution in [-0.4, -0.2) is 34.1 Å². The van der Waals surface area contributed by atoms with E-state index < -0.39 is 0 Å². The van der Waals surface area contributed by atoms with E-state index in [-0.39, 0.29) is 11.8 Å². The fraction of sp³-hybridized carbons (Fsp3) is 0.462. The van der Waals surface area contributed by atoms with Crippen LogP contribution in [0.15, 0.2) is 16.7 Å². The molecule has 3 rings (SSSR count). The molecule has 1 aliphatic heterocycles. The lowest BCUT2D eigenvalue weighted by molar-refractivity contribution is -0.128. The normalized spacial score (nSPS) is 16.4. The fourth-order valence-electron chi connectivity index (χ4n) is 2.28. The number of H-pyrrole nitrogens is 1. The first-order chi connectivity index (χ1) is 9.72. The van der Waals surface area contributed by atoms with Crippen molar-refractivity contribution < 1.29 is 9.53 Å². The number of aromatic nitrogens is 3. The van der Waals surface area contributed by atoms with Crippen LogP contribution in [0.3, 0.4) is 0 Å². The molecule has 3 heterocycles. The van der Waals surface area contributed by atoms with Crippen LogP contribution in [0.1, 0.15) is 18.7 Å². The molecule has 20 heavy (non-hydrogen) atoms. The first kappa shape index (κ1) is 13.5. The molecular formula is C13H15BrN4O2. The van der Waals surface area contributed by atoms with Crippen LogP contribution in [-0.2, 0) is 16.1 Å². The maximum Gasteiger partial charge on any atom is 0.223 e. The van der Waals surface area contributed by atoms with E-state index in [0.29, 0.717) is 31.2 Å². The number of carbonyl (C=O) groups is 1. The number of hydrogen-bond acceptors (Lipinski definition) is 4. The summed E-state index contributed by atoms with van der Waals surface area (Å²) in [4.78, 5) is 23.7. The van der Waals surface area contributed by atoms with Crippen LogP contribution >= 0.6 is 15.9 Å². The number of fused-ring (bicyclic) bond motifs is 1. The van der Waals surface area contributed by atoms with Crippen LogP contribution < -0.4 is 5.32 Å². The van der Waals surface area contributed by atoms with E-state index >= 15 is 0 Å². The highest BCUT2D eigenvalue weighted by atomic mass is 79.9. The van der Waals surface area contributed by atoms with E-state index in [0.717, 1.165) is 22.8 Å². The lowest BCUT2D eigenvalue weighted by Gasteiger charge is -2.20. The Hall–Kier alpha value is -1.47. The molecule has 1 fully saturated rings. The number of hydrogen-bond donors (Lipinski definition) is 2. The zero-order chi connectivity index (χ0) is 13.9. The Bertz CT molecular complexity index is 622. The molecule has 0 radical (unpaired) electrons. The Kier molecular flexibility index (Phi) is 3.98. The van der Waals surface area contributed by atoms with Crippen molar-refractivity contribution in [3.63, 3.8) is 0 Å². The average Bonchev–Trinajstić information content (AvgIpc) is 2.87. The zero-order valence-corrected chi connectivity index (χ0v) is 12.4. The van der Waals surface area contributed by atoms with E-state index in [1.165, 1.54) is 0 Å². The Morgan fingerprint density at radius 1 is 1.50 bits per heavy atom. The topological polar surface area (TPSA) is 79.9 Å². The van der Waals surface area contributed by atoms with Gasteiger partial charge in [-0.15, -0.1) is 0 Å². The molecule has 7 heteroatoms. The Labute approximate surface area is 124 Å². The van der Waals surface area contributed by atoms with Crippen molar-refractivity contribution in [2.75, 3.05) is 13.2 Å². The molecule has 2 N–H and O–H groups in total. The highest BCUT2D eigenvalue weighted by molar-refractivity contribution is 9.10. The van der Waals surface area contributed by atoms with Gasteiger partial charge in [0.1, 0.15) is 5.82 Å². The summed E-state index contributed by atoms with van der Waals surface area (Å²) in [7, 11) is 0. The number of aromatic amines is 1. The molecule has 1 amide bonds. The highest BCUT2D eigenvalue weighted by Gasteiger charge is 2.21. The van der Waals surface area contributed by atoms with E-state index in [4.69, 9.17) is 4.74 Å². The highest BCUT2D eigenvalue weighted by Crippen LogP contribution is 2.16. The summed E-state index contributed by atoms with van der Waals surface area (Å²) < 4.78 is 6.15. The Morgan fingerprint density at radius 2 is 2.30 bits per heavy atom. The predicted octanol–water partition coefficient (Wildman–Crippen LogP) is 1.76. The van der Waals surface area contributed by atoms with Gasteiger partial charge in [-0.25, -0.2) is 9.97 Å². The molecule has 0 aliphatic carbocycles. The first-order valence-electron chi connectivity index (χ1n) is 6.58.